The summed E-state index contributed by atoms with van der Waals surface area (Å²) in [4.78, 5) is 28.4. The molecule has 2 amide bonds. The molecule has 0 heterocycles. The van der Waals surface area contributed by atoms with Crippen LogP contribution < -0.4 is 10.6 Å². The van der Waals surface area contributed by atoms with Crippen molar-refractivity contribution in [1.82, 2.24) is 4.90 Å². The van der Waals surface area contributed by atoms with Crippen molar-refractivity contribution < 1.29 is 9.59 Å². The number of thioether (sulfide) groups is 1. The van der Waals surface area contributed by atoms with Gasteiger partial charge < -0.3 is 10.6 Å². The first-order valence-electron chi connectivity index (χ1n) is 9.62. The number of nitrogens with zero attached hydrogens (tertiary/aromatic N) is 1. The highest BCUT2D eigenvalue weighted by Gasteiger charge is 2.14. The summed E-state index contributed by atoms with van der Waals surface area (Å²) in [5.74, 6) is -0.433. The van der Waals surface area contributed by atoms with Crippen LogP contribution in [0.2, 0.25) is 0 Å². The molecule has 2 N–H and O–H groups in total. The number of hydrogen-bond acceptors (Lipinski definition) is 4. The smallest absolute Gasteiger partial charge is 0.257 e. The molecule has 0 spiro atoms. The Hall–Kier alpha value is -3.09. The molecule has 154 valence electrons. The van der Waals surface area contributed by atoms with E-state index in [1.54, 1.807) is 36.0 Å². The van der Waals surface area contributed by atoms with E-state index in [2.05, 4.69) is 34.9 Å². The third-order valence-electron chi connectivity index (χ3n) is 4.50. The monoisotopic (exact) mass is 419 g/mol. The predicted molar refractivity (Wildman–Crippen MR) is 124 cm³/mol. The highest BCUT2D eigenvalue weighted by Crippen LogP contribution is 2.18. The van der Waals surface area contributed by atoms with Gasteiger partial charge in [0.1, 0.15) is 0 Å². The van der Waals surface area contributed by atoms with Crippen LogP contribution in [0.3, 0.4) is 0 Å². The van der Waals surface area contributed by atoms with E-state index >= 15 is 0 Å². The second kappa shape index (κ2) is 10.6. The fourth-order valence-corrected chi connectivity index (χ4v) is 3.45. The van der Waals surface area contributed by atoms with Crippen molar-refractivity contribution in [2.45, 2.75) is 11.4 Å². The molecule has 0 saturated heterocycles. The van der Waals surface area contributed by atoms with Crippen molar-refractivity contribution in [1.29, 1.82) is 0 Å². The van der Waals surface area contributed by atoms with Gasteiger partial charge in [-0.15, -0.1) is 11.8 Å². The van der Waals surface area contributed by atoms with Gasteiger partial charge in [0.25, 0.3) is 5.91 Å². The maximum absolute atomic E-state index is 12.7. The lowest BCUT2D eigenvalue weighted by atomic mass is 10.1. The molecule has 3 aromatic rings. The number of likely N-dealkylation sites (N-methyl/N-ethyl adjacent to an activating group) is 1. The van der Waals surface area contributed by atoms with Gasteiger partial charge in [0.05, 0.1) is 17.8 Å². The largest absolute Gasteiger partial charge is 0.324 e. The first-order valence-corrected chi connectivity index (χ1v) is 10.8. The van der Waals surface area contributed by atoms with Crippen molar-refractivity contribution in [3.05, 3.63) is 90.0 Å². The average molecular weight is 420 g/mol. The Balaban J connectivity index is 1.60. The molecule has 6 heteroatoms. The van der Waals surface area contributed by atoms with Crippen LogP contribution in [-0.4, -0.2) is 36.6 Å². The van der Waals surface area contributed by atoms with Gasteiger partial charge in [-0.1, -0.05) is 42.5 Å². The van der Waals surface area contributed by atoms with E-state index in [1.807, 2.05) is 48.5 Å². The zero-order valence-corrected chi connectivity index (χ0v) is 17.9. The predicted octanol–water partition coefficient (Wildman–Crippen LogP) is 4.73. The SMILES string of the molecule is CSc1ccc(CN(C)CC(=O)Nc2ccccc2C(=O)Nc2ccccc2)cc1. The van der Waals surface area contributed by atoms with Crippen LogP contribution in [0.15, 0.2) is 83.8 Å². The minimum absolute atomic E-state index is 0.168. The molecular formula is C24H25N3O2S. The number of rotatable bonds is 8. The van der Waals surface area contributed by atoms with Gasteiger partial charge in [-0.25, -0.2) is 0 Å². The molecule has 0 aliphatic heterocycles. The number of para-hydroxylation sites is 2. The fraction of sp³-hybridized carbons (Fsp3) is 0.167. The molecule has 0 aliphatic rings. The van der Waals surface area contributed by atoms with Gasteiger partial charge in [0, 0.05) is 17.1 Å². The van der Waals surface area contributed by atoms with E-state index in [1.165, 1.54) is 4.90 Å². The Morgan fingerprint density at radius 1 is 0.867 bits per heavy atom. The molecule has 0 unspecified atom stereocenters. The Labute approximate surface area is 181 Å². The second-order valence-corrected chi connectivity index (χ2v) is 7.81. The summed E-state index contributed by atoms with van der Waals surface area (Å²) in [6.45, 7) is 0.886. The molecule has 0 atom stereocenters. The molecule has 0 saturated carbocycles. The van der Waals surface area contributed by atoms with Crippen LogP contribution in [0.4, 0.5) is 11.4 Å². The standard InChI is InChI=1S/C24H25N3O2S/c1-27(16-18-12-14-20(30-2)15-13-18)17-23(28)26-22-11-7-6-10-21(22)24(29)25-19-8-4-3-5-9-19/h3-15H,16-17H2,1-2H3,(H,25,29)(H,26,28). The summed E-state index contributed by atoms with van der Waals surface area (Å²) in [7, 11) is 1.90. The van der Waals surface area contributed by atoms with E-state index in [9.17, 15) is 9.59 Å². The summed E-state index contributed by atoms with van der Waals surface area (Å²) < 4.78 is 0. The number of anilines is 2. The lowest BCUT2D eigenvalue weighted by molar-refractivity contribution is -0.117. The fourth-order valence-electron chi connectivity index (χ4n) is 3.04. The Morgan fingerprint density at radius 3 is 2.23 bits per heavy atom. The van der Waals surface area contributed by atoms with Crippen LogP contribution in [0.5, 0.6) is 0 Å². The Kier molecular flexibility index (Phi) is 7.65. The Bertz CT molecular complexity index is 991. The maximum atomic E-state index is 12.7. The van der Waals surface area contributed by atoms with Crippen molar-refractivity contribution in [3.8, 4) is 0 Å². The van der Waals surface area contributed by atoms with Gasteiger partial charge in [-0.05, 0) is 55.3 Å². The minimum atomic E-state index is -0.265. The van der Waals surface area contributed by atoms with Crippen LogP contribution in [0.25, 0.3) is 0 Å². The zero-order valence-electron chi connectivity index (χ0n) is 17.1. The minimum Gasteiger partial charge on any atom is -0.324 e. The number of benzene rings is 3. The summed E-state index contributed by atoms with van der Waals surface area (Å²) in [6, 6.07) is 24.5. The summed E-state index contributed by atoms with van der Waals surface area (Å²) in [5.41, 5.74) is 2.76. The summed E-state index contributed by atoms with van der Waals surface area (Å²) in [5, 5.41) is 5.72. The average Bonchev–Trinajstić information content (AvgIpc) is 2.75. The van der Waals surface area contributed by atoms with Crippen molar-refractivity contribution in [2.24, 2.45) is 0 Å². The molecular weight excluding hydrogens is 394 g/mol. The van der Waals surface area contributed by atoms with Crippen LogP contribution in [0, 0.1) is 0 Å². The second-order valence-electron chi connectivity index (χ2n) is 6.93. The highest BCUT2D eigenvalue weighted by atomic mass is 32.2. The Morgan fingerprint density at radius 2 is 1.53 bits per heavy atom. The molecule has 0 radical (unpaired) electrons. The topological polar surface area (TPSA) is 61.4 Å². The van der Waals surface area contributed by atoms with E-state index < -0.39 is 0 Å². The first kappa shape index (κ1) is 21.6. The van der Waals surface area contributed by atoms with Crippen LogP contribution >= 0.6 is 11.8 Å². The quantitative estimate of drug-likeness (QED) is 0.518. The van der Waals surface area contributed by atoms with Gasteiger partial charge in [0.2, 0.25) is 5.91 Å². The third kappa shape index (κ3) is 6.20. The first-order chi connectivity index (χ1) is 14.5. The van der Waals surface area contributed by atoms with E-state index in [0.29, 0.717) is 23.5 Å². The van der Waals surface area contributed by atoms with Crippen molar-refractivity contribution in [3.63, 3.8) is 0 Å². The normalized spacial score (nSPS) is 10.6. The lowest BCUT2D eigenvalue weighted by Crippen LogP contribution is -2.30. The summed E-state index contributed by atoms with van der Waals surface area (Å²) >= 11 is 1.70. The molecule has 5 nitrogen and oxygen atoms in total. The molecule has 0 aromatic heterocycles. The molecule has 30 heavy (non-hydrogen) atoms. The van der Waals surface area contributed by atoms with Crippen LogP contribution in [-0.2, 0) is 11.3 Å². The van der Waals surface area contributed by atoms with Crippen molar-refractivity contribution in [2.75, 3.05) is 30.5 Å². The lowest BCUT2D eigenvalue weighted by Gasteiger charge is -2.17. The van der Waals surface area contributed by atoms with E-state index in [-0.39, 0.29) is 18.4 Å². The molecule has 3 aromatic carbocycles. The number of nitrogens with one attached hydrogen (secondary N) is 2. The van der Waals surface area contributed by atoms with Gasteiger partial charge >= 0.3 is 0 Å². The summed E-state index contributed by atoms with van der Waals surface area (Å²) in [6.07, 6.45) is 2.05. The van der Waals surface area contributed by atoms with Gasteiger partial charge in [0.15, 0.2) is 0 Å². The van der Waals surface area contributed by atoms with Gasteiger partial charge in [-0.3, -0.25) is 14.5 Å². The van der Waals surface area contributed by atoms with E-state index in [0.717, 1.165) is 5.56 Å². The van der Waals surface area contributed by atoms with Crippen molar-refractivity contribution >= 4 is 35.0 Å². The molecule has 0 fully saturated rings. The molecule has 0 bridgehead atoms. The van der Waals surface area contributed by atoms with Gasteiger partial charge in [-0.2, -0.15) is 0 Å². The number of hydrogen-bond donors (Lipinski definition) is 2. The number of amides is 2. The molecule has 3 rings (SSSR count). The maximum Gasteiger partial charge on any atom is 0.257 e. The zero-order chi connectivity index (χ0) is 21.3. The van der Waals surface area contributed by atoms with E-state index in [4.69, 9.17) is 0 Å². The number of carbonyl (C=O) groups is 2. The number of carbonyl (C=O) groups excluding carboxylic acids is 2. The third-order valence-corrected chi connectivity index (χ3v) is 5.25. The van der Waals surface area contributed by atoms with Crippen LogP contribution in [0.1, 0.15) is 15.9 Å². The molecule has 0 aliphatic carbocycles. The highest BCUT2D eigenvalue weighted by molar-refractivity contribution is 7.98.